The van der Waals surface area contributed by atoms with Gasteiger partial charge < -0.3 is 4.74 Å². The van der Waals surface area contributed by atoms with E-state index in [9.17, 15) is 4.79 Å². The number of hydrogen-bond acceptors (Lipinski definition) is 2. The summed E-state index contributed by atoms with van der Waals surface area (Å²) in [4.78, 5) is 11.4. The van der Waals surface area contributed by atoms with E-state index in [0.29, 0.717) is 6.42 Å². The number of benzene rings is 1. The molecule has 2 nitrogen and oxygen atoms in total. The molecule has 1 aliphatic heterocycles. The number of esters is 1. The lowest BCUT2D eigenvalue weighted by Gasteiger charge is -2.17. The van der Waals surface area contributed by atoms with Crippen LogP contribution >= 0.6 is 0 Å². The third-order valence-electron chi connectivity index (χ3n) is 3.44. The van der Waals surface area contributed by atoms with Crippen molar-refractivity contribution in [1.29, 1.82) is 0 Å². The van der Waals surface area contributed by atoms with Crippen LogP contribution in [0.4, 0.5) is 0 Å². The van der Waals surface area contributed by atoms with Gasteiger partial charge >= 0.3 is 5.97 Å². The van der Waals surface area contributed by atoms with Crippen molar-refractivity contribution >= 4 is 5.97 Å². The third kappa shape index (κ3) is 3.09. The molecular weight excluding hydrogens is 212 g/mol. The lowest BCUT2D eigenvalue weighted by atomic mass is 9.90. The summed E-state index contributed by atoms with van der Waals surface area (Å²) in [5.74, 6) is 0.223. The molecule has 1 saturated heterocycles. The zero-order chi connectivity index (χ0) is 12.1. The van der Waals surface area contributed by atoms with Gasteiger partial charge in [0.05, 0.1) is 6.42 Å². The van der Waals surface area contributed by atoms with E-state index in [1.165, 1.54) is 18.4 Å². The minimum atomic E-state index is -0.0413. The average molecular weight is 232 g/mol. The quantitative estimate of drug-likeness (QED) is 0.572. The molecule has 1 aromatic rings. The first-order valence-corrected chi connectivity index (χ1v) is 6.55. The lowest BCUT2D eigenvalue weighted by Crippen LogP contribution is -2.14. The van der Waals surface area contributed by atoms with Crippen molar-refractivity contribution in [3.8, 4) is 0 Å². The predicted octanol–water partition coefficient (Wildman–Crippen LogP) is 3.67. The Bertz CT molecular complexity index is 358. The molecule has 0 saturated carbocycles. The molecule has 0 amide bonds. The fourth-order valence-corrected chi connectivity index (χ4v) is 2.50. The Labute approximate surface area is 103 Å². The summed E-state index contributed by atoms with van der Waals surface area (Å²) in [6.45, 7) is 2.19. The van der Waals surface area contributed by atoms with Gasteiger partial charge in [0, 0.05) is 5.92 Å². The number of ether oxygens (including phenoxy) is 1. The van der Waals surface area contributed by atoms with E-state index in [-0.39, 0.29) is 18.0 Å². The van der Waals surface area contributed by atoms with Gasteiger partial charge in [0.15, 0.2) is 0 Å². The second-order valence-electron chi connectivity index (χ2n) is 4.75. The molecule has 1 heterocycles. The maximum absolute atomic E-state index is 11.4. The first-order chi connectivity index (χ1) is 8.31. The van der Waals surface area contributed by atoms with Crippen LogP contribution in [0.1, 0.15) is 50.5 Å². The van der Waals surface area contributed by atoms with Gasteiger partial charge in [-0.2, -0.15) is 0 Å². The zero-order valence-corrected chi connectivity index (χ0v) is 10.4. The first-order valence-electron chi connectivity index (χ1n) is 6.55. The summed E-state index contributed by atoms with van der Waals surface area (Å²) >= 11 is 0. The van der Waals surface area contributed by atoms with Crippen LogP contribution in [-0.4, -0.2) is 12.1 Å². The number of hydrogen-bond donors (Lipinski definition) is 0. The SMILES string of the molecule is CCCCC[C@@H]1OC(=O)C[C@H]1c1ccccc1. The summed E-state index contributed by atoms with van der Waals surface area (Å²) in [6, 6.07) is 10.3. The molecule has 0 bridgehead atoms. The van der Waals surface area contributed by atoms with Crippen LogP contribution in [0.15, 0.2) is 30.3 Å². The van der Waals surface area contributed by atoms with Crippen molar-refractivity contribution in [1.82, 2.24) is 0 Å². The summed E-state index contributed by atoms with van der Waals surface area (Å²) in [5, 5.41) is 0. The summed E-state index contributed by atoms with van der Waals surface area (Å²) < 4.78 is 5.44. The minimum Gasteiger partial charge on any atom is -0.462 e. The van der Waals surface area contributed by atoms with E-state index >= 15 is 0 Å². The molecule has 0 aliphatic carbocycles. The maximum Gasteiger partial charge on any atom is 0.306 e. The Morgan fingerprint density at radius 1 is 1.24 bits per heavy atom. The van der Waals surface area contributed by atoms with Crippen LogP contribution in [0.5, 0.6) is 0 Å². The number of cyclic esters (lactones) is 1. The van der Waals surface area contributed by atoms with Crippen molar-refractivity contribution < 1.29 is 9.53 Å². The molecule has 0 spiro atoms. The van der Waals surface area contributed by atoms with Gasteiger partial charge in [0.2, 0.25) is 0 Å². The van der Waals surface area contributed by atoms with Gasteiger partial charge in [0.25, 0.3) is 0 Å². The molecule has 2 rings (SSSR count). The topological polar surface area (TPSA) is 26.3 Å². The van der Waals surface area contributed by atoms with Crippen LogP contribution in [0.2, 0.25) is 0 Å². The standard InChI is InChI=1S/C15H20O2/c1-2-3-5-10-14-13(11-15(16)17-14)12-8-6-4-7-9-12/h4,6-9,13-14H,2-3,5,10-11H2,1H3/t13-,14-/m0/s1. The maximum atomic E-state index is 11.4. The highest BCUT2D eigenvalue weighted by Gasteiger charge is 2.34. The van der Waals surface area contributed by atoms with Crippen LogP contribution in [0, 0.1) is 0 Å². The Hall–Kier alpha value is -1.31. The second kappa shape index (κ2) is 5.85. The Balaban J connectivity index is 2.01. The van der Waals surface area contributed by atoms with Crippen LogP contribution < -0.4 is 0 Å². The number of carbonyl (C=O) groups is 1. The van der Waals surface area contributed by atoms with E-state index in [1.54, 1.807) is 0 Å². The smallest absolute Gasteiger partial charge is 0.306 e. The van der Waals surface area contributed by atoms with Gasteiger partial charge in [-0.15, -0.1) is 0 Å². The molecule has 1 aliphatic rings. The highest BCUT2D eigenvalue weighted by Crippen LogP contribution is 2.34. The second-order valence-corrected chi connectivity index (χ2v) is 4.75. The molecule has 2 atom stereocenters. The van der Waals surface area contributed by atoms with Gasteiger partial charge in [-0.3, -0.25) is 4.79 Å². The van der Waals surface area contributed by atoms with Crippen LogP contribution in [0.25, 0.3) is 0 Å². The van der Waals surface area contributed by atoms with E-state index in [4.69, 9.17) is 4.74 Å². The number of rotatable bonds is 5. The molecule has 92 valence electrons. The van der Waals surface area contributed by atoms with E-state index in [0.717, 1.165) is 12.8 Å². The number of unbranched alkanes of at least 4 members (excludes halogenated alkanes) is 2. The summed E-state index contributed by atoms with van der Waals surface area (Å²) in [6.07, 6.45) is 5.21. The van der Waals surface area contributed by atoms with Gasteiger partial charge in [-0.05, 0) is 18.4 Å². The molecule has 17 heavy (non-hydrogen) atoms. The molecule has 2 heteroatoms. The monoisotopic (exact) mass is 232 g/mol. The Morgan fingerprint density at radius 2 is 2.00 bits per heavy atom. The van der Waals surface area contributed by atoms with E-state index < -0.39 is 0 Å². The number of carbonyl (C=O) groups excluding carboxylic acids is 1. The van der Waals surface area contributed by atoms with Crippen molar-refractivity contribution in [3.05, 3.63) is 35.9 Å². The molecular formula is C15H20O2. The van der Waals surface area contributed by atoms with Gasteiger partial charge in [-0.25, -0.2) is 0 Å². The third-order valence-corrected chi connectivity index (χ3v) is 3.44. The lowest BCUT2D eigenvalue weighted by molar-refractivity contribution is -0.141. The molecule has 0 unspecified atom stereocenters. The minimum absolute atomic E-state index is 0.0413. The predicted molar refractivity (Wildman–Crippen MR) is 67.8 cm³/mol. The summed E-state index contributed by atoms with van der Waals surface area (Å²) in [7, 11) is 0. The van der Waals surface area contributed by atoms with E-state index in [1.807, 2.05) is 18.2 Å². The molecule has 0 aromatic heterocycles. The molecule has 1 fully saturated rings. The van der Waals surface area contributed by atoms with Crippen molar-refractivity contribution in [3.63, 3.8) is 0 Å². The van der Waals surface area contributed by atoms with Gasteiger partial charge in [-0.1, -0.05) is 50.1 Å². The molecule has 0 N–H and O–H groups in total. The Morgan fingerprint density at radius 3 is 2.71 bits per heavy atom. The normalized spacial score (nSPS) is 23.7. The fourth-order valence-electron chi connectivity index (χ4n) is 2.50. The van der Waals surface area contributed by atoms with Crippen molar-refractivity contribution in [2.75, 3.05) is 0 Å². The summed E-state index contributed by atoms with van der Waals surface area (Å²) in [5.41, 5.74) is 1.24. The van der Waals surface area contributed by atoms with Crippen LogP contribution in [0.3, 0.4) is 0 Å². The van der Waals surface area contributed by atoms with Crippen molar-refractivity contribution in [2.24, 2.45) is 0 Å². The molecule has 0 radical (unpaired) electrons. The fraction of sp³-hybridized carbons (Fsp3) is 0.533. The Kier molecular flexibility index (Phi) is 4.18. The highest BCUT2D eigenvalue weighted by molar-refractivity contribution is 5.73. The average Bonchev–Trinajstić information content (AvgIpc) is 2.72. The van der Waals surface area contributed by atoms with Gasteiger partial charge in [0.1, 0.15) is 6.10 Å². The molecule has 1 aromatic carbocycles. The first kappa shape index (κ1) is 12.2. The largest absolute Gasteiger partial charge is 0.462 e. The van der Waals surface area contributed by atoms with Crippen LogP contribution in [-0.2, 0) is 9.53 Å². The van der Waals surface area contributed by atoms with Crippen molar-refractivity contribution in [2.45, 2.75) is 51.0 Å². The zero-order valence-electron chi connectivity index (χ0n) is 10.4. The highest BCUT2D eigenvalue weighted by atomic mass is 16.5. The van der Waals surface area contributed by atoms with E-state index in [2.05, 4.69) is 19.1 Å².